The number of hydrogen-bond acceptors (Lipinski definition) is 5. The molecule has 1 aliphatic rings. The Labute approximate surface area is 191 Å². The second-order valence-corrected chi connectivity index (χ2v) is 7.92. The predicted molar refractivity (Wildman–Crippen MR) is 128 cm³/mol. The van der Waals surface area contributed by atoms with Gasteiger partial charge in [-0.3, -0.25) is 9.89 Å². The molecule has 0 spiro atoms. The maximum Gasteiger partial charge on any atom is 0.191 e. The molecule has 0 aliphatic carbocycles. The highest BCUT2D eigenvalue weighted by Gasteiger charge is 2.23. The molecule has 7 heteroatoms. The zero-order valence-electron chi connectivity index (χ0n) is 19.4. The van der Waals surface area contributed by atoms with Crippen LogP contribution in [0, 0.1) is 0 Å². The molecule has 1 heterocycles. The Morgan fingerprint density at radius 1 is 1.00 bits per heavy atom. The summed E-state index contributed by atoms with van der Waals surface area (Å²) in [5.74, 6) is 2.29. The molecular formula is C25H36N4O3. The highest BCUT2D eigenvalue weighted by molar-refractivity contribution is 5.79. The topological polar surface area (TPSA) is 78.4 Å². The molecule has 1 aliphatic heterocycles. The van der Waals surface area contributed by atoms with E-state index < -0.39 is 6.10 Å². The van der Waals surface area contributed by atoms with Crippen LogP contribution in [0.25, 0.3) is 0 Å². The fourth-order valence-electron chi connectivity index (χ4n) is 3.99. The quantitative estimate of drug-likeness (QED) is 0.389. The molecular weight excluding hydrogens is 404 g/mol. The lowest BCUT2D eigenvalue weighted by atomic mass is 10.1. The molecule has 1 saturated heterocycles. The van der Waals surface area contributed by atoms with Gasteiger partial charge >= 0.3 is 0 Å². The maximum atomic E-state index is 10.6. The van der Waals surface area contributed by atoms with Gasteiger partial charge in [-0.25, -0.2) is 0 Å². The average Bonchev–Trinajstić information content (AvgIpc) is 3.37. The molecule has 3 N–H and O–H groups in total. The van der Waals surface area contributed by atoms with E-state index in [2.05, 4.69) is 27.7 Å². The van der Waals surface area contributed by atoms with E-state index in [-0.39, 0.29) is 6.04 Å². The van der Waals surface area contributed by atoms with Gasteiger partial charge in [0, 0.05) is 13.1 Å². The highest BCUT2D eigenvalue weighted by atomic mass is 16.5. The van der Waals surface area contributed by atoms with Crippen LogP contribution >= 0.6 is 0 Å². The van der Waals surface area contributed by atoms with E-state index in [1.54, 1.807) is 14.2 Å². The Balaban J connectivity index is 1.68. The molecule has 32 heavy (non-hydrogen) atoms. The summed E-state index contributed by atoms with van der Waals surface area (Å²) in [5.41, 5.74) is 2.05. The van der Waals surface area contributed by atoms with Crippen LogP contribution in [0.15, 0.2) is 53.5 Å². The summed E-state index contributed by atoms with van der Waals surface area (Å²) in [7, 11) is 3.31. The van der Waals surface area contributed by atoms with Crippen molar-refractivity contribution < 1.29 is 14.6 Å². The van der Waals surface area contributed by atoms with Crippen LogP contribution < -0.4 is 20.1 Å². The van der Waals surface area contributed by atoms with Crippen LogP contribution in [-0.4, -0.2) is 62.9 Å². The minimum absolute atomic E-state index is 0.210. The molecule has 2 unspecified atom stereocenters. The lowest BCUT2D eigenvalue weighted by Gasteiger charge is -2.27. The molecule has 2 aromatic carbocycles. The fraction of sp³-hybridized carbons (Fsp3) is 0.480. The number of benzene rings is 2. The van der Waals surface area contributed by atoms with Gasteiger partial charge in [0.25, 0.3) is 0 Å². The molecule has 3 rings (SSSR count). The van der Waals surface area contributed by atoms with Crippen molar-refractivity contribution in [3.8, 4) is 11.5 Å². The molecule has 0 bridgehead atoms. The van der Waals surface area contributed by atoms with Gasteiger partial charge in [0.2, 0.25) is 0 Å². The number of aliphatic hydroxyl groups is 1. The van der Waals surface area contributed by atoms with Crippen molar-refractivity contribution in [1.82, 2.24) is 15.5 Å². The minimum Gasteiger partial charge on any atom is -0.497 e. The second kappa shape index (κ2) is 12.3. The smallest absolute Gasteiger partial charge is 0.191 e. The second-order valence-electron chi connectivity index (χ2n) is 7.92. The van der Waals surface area contributed by atoms with Crippen LogP contribution in [0.4, 0.5) is 0 Å². The Morgan fingerprint density at radius 2 is 1.72 bits per heavy atom. The molecule has 2 aromatic rings. The summed E-state index contributed by atoms with van der Waals surface area (Å²) in [6.45, 7) is 5.96. The number of guanidine groups is 1. The van der Waals surface area contributed by atoms with Crippen molar-refractivity contribution in [2.75, 3.05) is 46.9 Å². The number of nitrogens with zero attached hydrogens (tertiary/aromatic N) is 2. The molecule has 7 nitrogen and oxygen atoms in total. The third-order valence-corrected chi connectivity index (χ3v) is 5.79. The number of rotatable bonds is 10. The summed E-state index contributed by atoms with van der Waals surface area (Å²) < 4.78 is 10.6. The summed E-state index contributed by atoms with van der Waals surface area (Å²) in [4.78, 5) is 7.36. The first-order chi connectivity index (χ1) is 15.6. The number of ether oxygens (including phenoxy) is 2. The maximum absolute atomic E-state index is 10.6. The van der Waals surface area contributed by atoms with Crippen LogP contribution in [0.3, 0.4) is 0 Å². The number of aliphatic imine (C=N–C) groups is 1. The molecule has 0 amide bonds. The van der Waals surface area contributed by atoms with Crippen molar-refractivity contribution in [1.29, 1.82) is 0 Å². The van der Waals surface area contributed by atoms with Crippen molar-refractivity contribution in [2.45, 2.75) is 31.9 Å². The SMILES string of the molecule is CCNC(=NCC(c1ccc(OC)cc1)N1CCCC1)NCC(O)c1cccc(OC)c1. The summed E-state index contributed by atoms with van der Waals surface area (Å²) in [5, 5.41) is 17.2. The zero-order valence-corrected chi connectivity index (χ0v) is 19.4. The van der Waals surface area contributed by atoms with Gasteiger partial charge in [-0.05, 0) is 68.2 Å². The van der Waals surface area contributed by atoms with E-state index in [9.17, 15) is 5.11 Å². The molecule has 174 valence electrons. The van der Waals surface area contributed by atoms with Crippen molar-refractivity contribution in [3.05, 3.63) is 59.7 Å². The van der Waals surface area contributed by atoms with Crippen molar-refractivity contribution >= 4 is 5.96 Å². The Kier molecular flexibility index (Phi) is 9.19. The molecule has 0 saturated carbocycles. The lowest BCUT2D eigenvalue weighted by molar-refractivity contribution is 0.180. The number of likely N-dealkylation sites (tertiary alicyclic amines) is 1. The fourth-order valence-corrected chi connectivity index (χ4v) is 3.99. The summed E-state index contributed by atoms with van der Waals surface area (Å²) in [6.07, 6.45) is 1.79. The summed E-state index contributed by atoms with van der Waals surface area (Å²) >= 11 is 0. The normalized spacial score (nSPS) is 16.4. The zero-order chi connectivity index (χ0) is 22.8. The molecule has 2 atom stereocenters. The van der Waals surface area contributed by atoms with Crippen LogP contribution in [0.2, 0.25) is 0 Å². The molecule has 0 radical (unpaired) electrons. The van der Waals surface area contributed by atoms with E-state index >= 15 is 0 Å². The van der Waals surface area contributed by atoms with E-state index in [4.69, 9.17) is 14.5 Å². The van der Waals surface area contributed by atoms with Gasteiger partial charge in [-0.2, -0.15) is 0 Å². The largest absolute Gasteiger partial charge is 0.497 e. The Bertz CT molecular complexity index is 851. The van der Waals surface area contributed by atoms with E-state index in [0.29, 0.717) is 19.0 Å². The van der Waals surface area contributed by atoms with Gasteiger partial charge in [0.1, 0.15) is 11.5 Å². The van der Waals surface area contributed by atoms with Gasteiger partial charge < -0.3 is 25.2 Å². The van der Waals surface area contributed by atoms with Crippen LogP contribution in [-0.2, 0) is 0 Å². The predicted octanol–water partition coefficient (Wildman–Crippen LogP) is 3.13. The minimum atomic E-state index is -0.662. The van der Waals surface area contributed by atoms with Gasteiger partial charge in [-0.1, -0.05) is 24.3 Å². The first-order valence-corrected chi connectivity index (χ1v) is 11.4. The Hall–Kier alpha value is -2.77. The van der Waals surface area contributed by atoms with Gasteiger partial charge in [0.05, 0.1) is 32.9 Å². The number of hydrogen-bond donors (Lipinski definition) is 3. The first-order valence-electron chi connectivity index (χ1n) is 11.4. The lowest BCUT2D eigenvalue weighted by Crippen LogP contribution is -2.40. The summed E-state index contributed by atoms with van der Waals surface area (Å²) in [6, 6.07) is 16.0. The van der Waals surface area contributed by atoms with E-state index in [1.807, 2.05) is 43.3 Å². The highest BCUT2D eigenvalue weighted by Crippen LogP contribution is 2.27. The van der Waals surface area contributed by atoms with E-state index in [0.717, 1.165) is 36.7 Å². The van der Waals surface area contributed by atoms with Gasteiger partial charge in [0.15, 0.2) is 5.96 Å². The number of methoxy groups -OCH3 is 2. The van der Waals surface area contributed by atoms with Crippen molar-refractivity contribution in [2.24, 2.45) is 4.99 Å². The molecule has 1 fully saturated rings. The van der Waals surface area contributed by atoms with Crippen LogP contribution in [0.1, 0.15) is 43.0 Å². The third kappa shape index (κ3) is 6.61. The van der Waals surface area contributed by atoms with E-state index in [1.165, 1.54) is 18.4 Å². The van der Waals surface area contributed by atoms with Gasteiger partial charge in [-0.15, -0.1) is 0 Å². The standard InChI is InChI=1S/C25H36N4O3/c1-4-26-25(28-18-24(30)20-8-7-9-22(16-20)32-3)27-17-23(29-14-5-6-15-29)19-10-12-21(31-2)13-11-19/h7-13,16,23-24,30H,4-6,14-15,17-18H2,1-3H3,(H2,26,27,28). The Morgan fingerprint density at radius 3 is 2.38 bits per heavy atom. The first kappa shape index (κ1) is 23.9. The number of nitrogens with one attached hydrogen (secondary N) is 2. The monoisotopic (exact) mass is 440 g/mol. The van der Waals surface area contributed by atoms with Crippen molar-refractivity contribution in [3.63, 3.8) is 0 Å². The molecule has 0 aromatic heterocycles. The third-order valence-electron chi connectivity index (χ3n) is 5.79. The number of aliphatic hydroxyl groups excluding tert-OH is 1. The average molecular weight is 441 g/mol. The van der Waals surface area contributed by atoms with Crippen LogP contribution in [0.5, 0.6) is 11.5 Å².